The molecule has 0 bridgehead atoms. The van der Waals surface area contributed by atoms with Crippen molar-refractivity contribution < 1.29 is 13.3 Å². The smallest absolute Gasteiger partial charge is 0.258 e. The van der Waals surface area contributed by atoms with Crippen molar-refractivity contribution in [2.24, 2.45) is 5.14 Å². The minimum absolute atomic E-state index is 0.0942. The largest absolute Gasteiger partial charge is 0.270 e. The molecule has 0 saturated carbocycles. The predicted octanol–water partition coefficient (Wildman–Crippen LogP) is 1.31. The molecule has 0 aromatic heterocycles. The number of aryl methyl sites for hydroxylation is 1. The molecule has 1 rings (SSSR count). The summed E-state index contributed by atoms with van der Waals surface area (Å²) in [6.45, 7) is 1.44. The van der Waals surface area contributed by atoms with E-state index in [1.807, 2.05) is 0 Å². The number of nitro benzene ring substituents is 1. The summed E-state index contributed by atoms with van der Waals surface area (Å²) < 4.78 is 22.4. The Balaban J connectivity index is 3.55. The number of halogens is 1. The molecule has 0 saturated heterocycles. The molecule has 2 N–H and O–H groups in total. The van der Waals surface area contributed by atoms with E-state index in [0.717, 1.165) is 12.1 Å². The lowest BCUT2D eigenvalue weighted by atomic mass is 10.2. The van der Waals surface area contributed by atoms with Gasteiger partial charge in [-0.15, -0.1) is 0 Å². The zero-order valence-electron chi connectivity index (χ0n) is 7.60. The third-order valence-corrected chi connectivity index (χ3v) is 3.71. The van der Waals surface area contributed by atoms with E-state index in [-0.39, 0.29) is 20.6 Å². The minimum atomic E-state index is -3.88. The molecular weight excluding hydrogens is 288 g/mol. The molecule has 0 unspecified atom stereocenters. The molecule has 15 heavy (non-hydrogen) atoms. The van der Waals surface area contributed by atoms with Crippen molar-refractivity contribution in [2.45, 2.75) is 11.8 Å². The van der Waals surface area contributed by atoms with Crippen LogP contribution in [-0.2, 0) is 10.0 Å². The standard InChI is InChI=1S/C7H7BrN2O4S/c1-4-2-5(10(11)12)3-6(8)7(4)15(9,13)14/h2-3H,1H3,(H2,9,13,14). The fourth-order valence-corrected chi connectivity index (χ4v) is 3.24. The summed E-state index contributed by atoms with van der Waals surface area (Å²) in [4.78, 5) is 9.73. The summed E-state index contributed by atoms with van der Waals surface area (Å²) in [5.74, 6) is 0. The average molecular weight is 295 g/mol. The molecule has 0 atom stereocenters. The van der Waals surface area contributed by atoms with E-state index in [1.54, 1.807) is 0 Å². The number of hydrogen-bond acceptors (Lipinski definition) is 4. The van der Waals surface area contributed by atoms with E-state index in [4.69, 9.17) is 5.14 Å². The third-order valence-electron chi connectivity index (χ3n) is 1.71. The van der Waals surface area contributed by atoms with E-state index in [2.05, 4.69) is 15.9 Å². The Kier molecular flexibility index (Phi) is 3.12. The van der Waals surface area contributed by atoms with Gasteiger partial charge in [0.1, 0.15) is 0 Å². The van der Waals surface area contributed by atoms with Crippen molar-refractivity contribution in [3.8, 4) is 0 Å². The number of nitrogens with zero attached hydrogens (tertiary/aromatic N) is 1. The van der Waals surface area contributed by atoms with Gasteiger partial charge in [0, 0.05) is 16.6 Å². The lowest BCUT2D eigenvalue weighted by Gasteiger charge is -2.05. The molecule has 0 spiro atoms. The Morgan fingerprint density at radius 2 is 2.00 bits per heavy atom. The van der Waals surface area contributed by atoms with Gasteiger partial charge in [0.05, 0.1) is 9.82 Å². The Labute approximate surface area is 94.4 Å². The van der Waals surface area contributed by atoms with Gasteiger partial charge in [0.25, 0.3) is 5.69 Å². The first kappa shape index (κ1) is 12.1. The Morgan fingerprint density at radius 1 is 1.47 bits per heavy atom. The first-order chi connectivity index (χ1) is 6.73. The summed E-state index contributed by atoms with van der Waals surface area (Å²) in [6, 6.07) is 2.26. The van der Waals surface area contributed by atoms with Crippen LogP contribution in [0, 0.1) is 17.0 Å². The first-order valence-corrected chi connectivity index (χ1v) is 6.04. The van der Waals surface area contributed by atoms with Gasteiger partial charge in [-0.1, -0.05) is 0 Å². The van der Waals surface area contributed by atoms with Gasteiger partial charge in [0.15, 0.2) is 0 Å². The van der Waals surface area contributed by atoms with Crippen LogP contribution in [0.2, 0.25) is 0 Å². The fraction of sp³-hybridized carbons (Fsp3) is 0.143. The molecule has 82 valence electrons. The summed E-state index contributed by atoms with van der Waals surface area (Å²) in [5.41, 5.74) is 0.0466. The maximum atomic E-state index is 11.1. The van der Waals surface area contributed by atoms with Gasteiger partial charge < -0.3 is 0 Å². The second-order valence-corrected chi connectivity index (χ2v) is 5.23. The highest BCUT2D eigenvalue weighted by molar-refractivity contribution is 9.10. The molecule has 1 aromatic rings. The van der Waals surface area contributed by atoms with Crippen LogP contribution in [0.3, 0.4) is 0 Å². The molecule has 0 radical (unpaired) electrons. The van der Waals surface area contributed by atoms with E-state index in [9.17, 15) is 18.5 Å². The predicted molar refractivity (Wildman–Crippen MR) is 56.9 cm³/mol. The van der Waals surface area contributed by atoms with Crippen molar-refractivity contribution >= 4 is 31.6 Å². The highest BCUT2D eigenvalue weighted by Crippen LogP contribution is 2.29. The number of hydrogen-bond donors (Lipinski definition) is 1. The van der Waals surface area contributed by atoms with Crippen LogP contribution < -0.4 is 5.14 Å². The molecule has 1 aromatic carbocycles. The third kappa shape index (κ3) is 2.52. The fourth-order valence-electron chi connectivity index (χ4n) is 1.18. The number of nitrogens with two attached hydrogens (primary N) is 1. The van der Waals surface area contributed by atoms with Gasteiger partial charge in [0.2, 0.25) is 10.0 Å². The minimum Gasteiger partial charge on any atom is -0.258 e. The van der Waals surface area contributed by atoms with Crippen LogP contribution in [-0.4, -0.2) is 13.3 Å². The van der Waals surface area contributed by atoms with Crippen molar-refractivity contribution in [3.05, 3.63) is 32.3 Å². The molecule has 0 amide bonds. The highest BCUT2D eigenvalue weighted by Gasteiger charge is 2.20. The van der Waals surface area contributed by atoms with Gasteiger partial charge >= 0.3 is 0 Å². The SMILES string of the molecule is Cc1cc([N+](=O)[O-])cc(Br)c1S(N)(=O)=O. The lowest BCUT2D eigenvalue weighted by molar-refractivity contribution is -0.385. The maximum absolute atomic E-state index is 11.1. The van der Waals surface area contributed by atoms with Gasteiger partial charge in [-0.05, 0) is 28.4 Å². The monoisotopic (exact) mass is 294 g/mol. The number of non-ortho nitro benzene ring substituents is 1. The molecule has 8 heteroatoms. The summed E-state index contributed by atoms with van der Waals surface area (Å²) >= 11 is 2.94. The normalized spacial score (nSPS) is 11.4. The summed E-state index contributed by atoms with van der Waals surface area (Å²) in [5, 5.41) is 15.4. The topological polar surface area (TPSA) is 103 Å². The molecule has 0 fully saturated rings. The Morgan fingerprint density at radius 3 is 2.33 bits per heavy atom. The lowest BCUT2D eigenvalue weighted by Crippen LogP contribution is -2.14. The van der Waals surface area contributed by atoms with Crippen LogP contribution in [0.15, 0.2) is 21.5 Å². The van der Waals surface area contributed by atoms with Crippen molar-refractivity contribution in [2.75, 3.05) is 0 Å². The van der Waals surface area contributed by atoms with Gasteiger partial charge in [-0.2, -0.15) is 0 Å². The second kappa shape index (κ2) is 3.87. The molecule has 0 aliphatic heterocycles. The number of rotatable bonds is 2. The van der Waals surface area contributed by atoms with E-state index < -0.39 is 14.9 Å². The maximum Gasteiger partial charge on any atom is 0.270 e. The second-order valence-electron chi connectivity index (χ2n) is 2.88. The van der Waals surface area contributed by atoms with Gasteiger partial charge in [-0.25, -0.2) is 13.6 Å². The Bertz CT molecular complexity index is 503. The van der Waals surface area contributed by atoms with E-state index in [1.165, 1.54) is 6.92 Å². The number of sulfonamides is 1. The quantitative estimate of drug-likeness (QED) is 0.656. The Hall–Kier alpha value is -0.990. The molecular formula is C7H7BrN2O4S. The van der Waals surface area contributed by atoms with Crippen molar-refractivity contribution in [1.82, 2.24) is 0 Å². The van der Waals surface area contributed by atoms with Crippen LogP contribution in [0.1, 0.15) is 5.56 Å². The summed E-state index contributed by atoms with van der Waals surface area (Å²) in [6.07, 6.45) is 0. The van der Waals surface area contributed by atoms with Crippen LogP contribution in [0.4, 0.5) is 5.69 Å². The zero-order valence-corrected chi connectivity index (χ0v) is 10.0. The first-order valence-electron chi connectivity index (χ1n) is 3.71. The zero-order chi connectivity index (χ0) is 11.8. The van der Waals surface area contributed by atoms with Crippen molar-refractivity contribution in [3.63, 3.8) is 0 Å². The average Bonchev–Trinajstić information content (AvgIpc) is 1.99. The number of benzene rings is 1. The van der Waals surface area contributed by atoms with Crippen LogP contribution >= 0.6 is 15.9 Å². The molecule has 6 nitrogen and oxygen atoms in total. The van der Waals surface area contributed by atoms with E-state index in [0.29, 0.717) is 0 Å². The molecule has 0 heterocycles. The number of primary sulfonamides is 1. The van der Waals surface area contributed by atoms with Crippen molar-refractivity contribution in [1.29, 1.82) is 0 Å². The molecule has 0 aliphatic carbocycles. The number of nitro groups is 1. The molecule has 0 aliphatic rings. The van der Waals surface area contributed by atoms with Gasteiger partial charge in [-0.3, -0.25) is 10.1 Å². The highest BCUT2D eigenvalue weighted by atomic mass is 79.9. The summed E-state index contributed by atoms with van der Waals surface area (Å²) in [7, 11) is -3.88. The van der Waals surface area contributed by atoms with Crippen LogP contribution in [0.25, 0.3) is 0 Å². The van der Waals surface area contributed by atoms with Crippen LogP contribution in [0.5, 0.6) is 0 Å². The van der Waals surface area contributed by atoms with E-state index >= 15 is 0 Å².